The lowest BCUT2D eigenvalue weighted by atomic mass is 9.76. The van der Waals surface area contributed by atoms with Crippen LogP contribution in [0.3, 0.4) is 0 Å². The van der Waals surface area contributed by atoms with E-state index >= 15 is 0 Å². The molecule has 1 atom stereocenters. The van der Waals surface area contributed by atoms with E-state index in [4.69, 9.17) is 4.74 Å². The Morgan fingerprint density at radius 3 is 2.41 bits per heavy atom. The number of aromatic hydroxyl groups is 2. The van der Waals surface area contributed by atoms with Gasteiger partial charge in [0.15, 0.2) is 11.8 Å². The first-order chi connectivity index (χ1) is 13.8. The predicted octanol–water partition coefficient (Wildman–Crippen LogP) is 4.73. The molecule has 2 aliphatic rings. The first-order valence-corrected chi connectivity index (χ1v) is 9.72. The highest BCUT2D eigenvalue weighted by Gasteiger charge is 2.57. The first kappa shape index (κ1) is 17.7. The first-order valence-electron chi connectivity index (χ1n) is 9.72. The molecular weight excluding hydrogens is 364 g/mol. The Bertz CT molecular complexity index is 1160. The van der Waals surface area contributed by atoms with Crippen molar-refractivity contribution in [2.45, 2.75) is 31.9 Å². The molecule has 0 bridgehead atoms. The van der Waals surface area contributed by atoms with Gasteiger partial charge in [0.2, 0.25) is 5.72 Å². The zero-order valence-corrected chi connectivity index (χ0v) is 17.0. The summed E-state index contributed by atoms with van der Waals surface area (Å²) in [7, 11) is 2.05. The maximum Gasteiger partial charge on any atom is 0.211 e. The molecule has 0 saturated heterocycles. The minimum Gasteiger partial charge on any atom is -0.494 e. The van der Waals surface area contributed by atoms with E-state index in [-0.39, 0.29) is 17.2 Å². The molecule has 5 heteroatoms. The van der Waals surface area contributed by atoms with Crippen LogP contribution in [-0.2, 0) is 5.41 Å². The van der Waals surface area contributed by atoms with Gasteiger partial charge in [-0.05, 0) is 62.2 Å². The van der Waals surface area contributed by atoms with E-state index in [0.29, 0.717) is 5.69 Å². The van der Waals surface area contributed by atoms with Crippen LogP contribution in [0.15, 0.2) is 54.6 Å². The van der Waals surface area contributed by atoms with Gasteiger partial charge in [0.1, 0.15) is 5.75 Å². The smallest absolute Gasteiger partial charge is 0.211 e. The van der Waals surface area contributed by atoms with Crippen LogP contribution < -0.4 is 9.64 Å². The number of hydrogen-bond donors (Lipinski definition) is 2. The largest absolute Gasteiger partial charge is 0.494 e. The van der Waals surface area contributed by atoms with Crippen LogP contribution in [-0.4, -0.2) is 27.6 Å². The number of aryl methyl sites for hydroxylation is 1. The van der Waals surface area contributed by atoms with E-state index in [1.54, 1.807) is 0 Å². The lowest BCUT2D eigenvalue weighted by Crippen LogP contribution is -2.58. The lowest BCUT2D eigenvalue weighted by molar-refractivity contribution is 0.0574. The number of hydrogen-bond acceptors (Lipinski definition) is 4. The molecule has 1 unspecified atom stereocenters. The van der Waals surface area contributed by atoms with Gasteiger partial charge in [-0.25, -0.2) is 0 Å². The molecule has 0 fully saturated rings. The average Bonchev–Trinajstić information content (AvgIpc) is 3.11. The number of benzene rings is 2. The second-order valence-corrected chi connectivity index (χ2v) is 8.40. The maximum atomic E-state index is 10.2. The molecule has 1 spiro atoms. The fourth-order valence-electron chi connectivity index (χ4n) is 4.78. The number of rotatable bonds is 1. The molecule has 2 aliphatic heterocycles. The van der Waals surface area contributed by atoms with Gasteiger partial charge in [-0.3, -0.25) is 4.57 Å². The van der Waals surface area contributed by atoms with Crippen molar-refractivity contribution in [1.29, 1.82) is 0 Å². The molecule has 3 aromatic rings. The molecule has 5 nitrogen and oxygen atoms in total. The molecule has 1 aromatic heterocycles. The minimum absolute atomic E-state index is 0.000291. The second-order valence-electron chi connectivity index (χ2n) is 8.40. The zero-order chi connectivity index (χ0) is 20.6. The highest BCUT2D eigenvalue weighted by molar-refractivity contribution is 5.74. The number of likely N-dealkylation sites (N-methyl/N-ethyl adjacent to an activating group) is 1. The molecule has 29 heavy (non-hydrogen) atoms. The Morgan fingerprint density at radius 1 is 0.966 bits per heavy atom. The molecular formula is C24H24N2O3. The standard InChI is InChI=1S/C24H24N2O3/c1-15-6-5-7-16-12-13-24(29-22(15)16)23(2,3)18-14-17(8-9-19(18)25(24)4)26-20(27)10-11-21(26)28/h5-14,27-28H,1-4H3. The summed E-state index contributed by atoms with van der Waals surface area (Å²) in [5, 5.41) is 20.3. The molecule has 148 valence electrons. The van der Waals surface area contributed by atoms with E-state index in [1.165, 1.54) is 16.7 Å². The van der Waals surface area contributed by atoms with Crippen molar-refractivity contribution in [3.63, 3.8) is 0 Å². The van der Waals surface area contributed by atoms with Crippen LogP contribution >= 0.6 is 0 Å². The third kappa shape index (κ3) is 2.15. The molecule has 0 amide bonds. The number of para-hydroxylation sites is 1. The third-order valence-electron chi connectivity index (χ3n) is 6.50. The van der Waals surface area contributed by atoms with Crippen molar-refractivity contribution in [1.82, 2.24) is 4.57 Å². The van der Waals surface area contributed by atoms with Crippen LogP contribution in [0.1, 0.15) is 30.5 Å². The highest BCUT2D eigenvalue weighted by Crippen LogP contribution is 2.55. The van der Waals surface area contributed by atoms with Crippen molar-refractivity contribution in [2.24, 2.45) is 0 Å². The number of anilines is 1. The highest BCUT2D eigenvalue weighted by atomic mass is 16.5. The number of fused-ring (bicyclic) bond motifs is 2. The SMILES string of the molecule is Cc1cccc2c1OC1(C=C2)N(C)c2ccc(-n3c(O)ccc3O)cc2C1(C)C. The normalized spacial score (nSPS) is 21.2. The van der Waals surface area contributed by atoms with Crippen molar-refractivity contribution in [2.75, 3.05) is 11.9 Å². The van der Waals surface area contributed by atoms with Gasteiger partial charge in [-0.2, -0.15) is 0 Å². The summed E-state index contributed by atoms with van der Waals surface area (Å²) in [6, 6.07) is 15.1. The van der Waals surface area contributed by atoms with Gasteiger partial charge >= 0.3 is 0 Å². The fourth-order valence-corrected chi connectivity index (χ4v) is 4.78. The summed E-state index contributed by atoms with van der Waals surface area (Å²) in [4.78, 5) is 2.17. The number of nitrogens with zero attached hydrogens (tertiary/aromatic N) is 2. The second kappa shape index (κ2) is 5.60. The molecule has 0 saturated carbocycles. The fraction of sp³-hybridized carbons (Fsp3) is 0.250. The van der Waals surface area contributed by atoms with Crippen LogP contribution in [0.2, 0.25) is 0 Å². The van der Waals surface area contributed by atoms with Crippen LogP contribution in [0.5, 0.6) is 17.5 Å². The van der Waals surface area contributed by atoms with Gasteiger partial charge < -0.3 is 19.8 Å². The van der Waals surface area contributed by atoms with E-state index in [1.807, 2.05) is 31.3 Å². The van der Waals surface area contributed by atoms with Crippen molar-refractivity contribution < 1.29 is 14.9 Å². The van der Waals surface area contributed by atoms with E-state index in [9.17, 15) is 10.2 Å². The maximum absolute atomic E-state index is 10.2. The zero-order valence-electron chi connectivity index (χ0n) is 17.0. The Kier molecular flexibility index (Phi) is 3.42. The molecule has 2 N–H and O–H groups in total. The summed E-state index contributed by atoms with van der Waals surface area (Å²) in [5.41, 5.74) is 3.99. The third-order valence-corrected chi connectivity index (χ3v) is 6.50. The van der Waals surface area contributed by atoms with Crippen LogP contribution in [0.25, 0.3) is 11.8 Å². The Hall–Kier alpha value is -3.34. The van der Waals surface area contributed by atoms with Crippen LogP contribution in [0.4, 0.5) is 5.69 Å². The Labute approximate surface area is 170 Å². The topological polar surface area (TPSA) is 57.9 Å². The van der Waals surface area contributed by atoms with Gasteiger partial charge in [0.05, 0.1) is 11.1 Å². The van der Waals surface area contributed by atoms with Crippen molar-refractivity contribution in [3.8, 4) is 23.2 Å². The predicted molar refractivity (Wildman–Crippen MR) is 114 cm³/mol. The van der Waals surface area contributed by atoms with E-state index in [2.05, 4.69) is 50.0 Å². The average molecular weight is 388 g/mol. The van der Waals surface area contributed by atoms with Gasteiger partial charge in [0.25, 0.3) is 0 Å². The summed E-state index contributed by atoms with van der Waals surface area (Å²) in [6.07, 6.45) is 4.28. The molecule has 0 aliphatic carbocycles. The summed E-state index contributed by atoms with van der Waals surface area (Å²) in [5.74, 6) is 0.906. The van der Waals surface area contributed by atoms with Gasteiger partial charge in [-0.1, -0.05) is 18.2 Å². The monoisotopic (exact) mass is 388 g/mol. The van der Waals surface area contributed by atoms with Crippen molar-refractivity contribution >= 4 is 11.8 Å². The summed E-state index contributed by atoms with van der Waals surface area (Å²) in [6.45, 7) is 6.40. The quantitative estimate of drug-likeness (QED) is 0.633. The Morgan fingerprint density at radius 2 is 1.69 bits per heavy atom. The molecule has 5 rings (SSSR count). The number of aromatic nitrogens is 1. The van der Waals surface area contributed by atoms with Gasteiger partial charge in [-0.15, -0.1) is 0 Å². The Balaban J connectivity index is 1.67. The van der Waals surface area contributed by atoms with E-state index < -0.39 is 5.72 Å². The van der Waals surface area contributed by atoms with E-state index in [0.717, 1.165) is 28.1 Å². The summed E-state index contributed by atoms with van der Waals surface area (Å²) < 4.78 is 8.16. The molecule has 0 radical (unpaired) electrons. The van der Waals surface area contributed by atoms with Crippen molar-refractivity contribution in [3.05, 3.63) is 71.3 Å². The minimum atomic E-state index is -0.673. The lowest BCUT2D eigenvalue weighted by Gasteiger charge is -2.46. The summed E-state index contributed by atoms with van der Waals surface area (Å²) >= 11 is 0. The molecule has 2 aromatic carbocycles. The number of ether oxygens (including phenoxy) is 1. The molecule has 3 heterocycles. The van der Waals surface area contributed by atoms with Crippen LogP contribution in [0, 0.1) is 6.92 Å². The van der Waals surface area contributed by atoms with Gasteiger partial charge in [0, 0.05) is 30.4 Å².